The van der Waals surface area contributed by atoms with Gasteiger partial charge in [-0.15, -0.1) is 11.3 Å². The van der Waals surface area contributed by atoms with Crippen LogP contribution in [0.25, 0.3) is 20.8 Å². The van der Waals surface area contributed by atoms with Gasteiger partial charge in [-0.2, -0.15) is 0 Å². The van der Waals surface area contributed by atoms with E-state index in [9.17, 15) is 9.59 Å². The van der Waals surface area contributed by atoms with Crippen LogP contribution < -0.4 is 10.6 Å². The van der Waals surface area contributed by atoms with E-state index in [0.717, 1.165) is 28.2 Å². The topological polar surface area (TPSA) is 108 Å². The van der Waals surface area contributed by atoms with Gasteiger partial charge in [-0.3, -0.25) is 9.59 Å². The number of fused-ring (bicyclic) bond motifs is 1. The molecule has 0 unspecified atom stereocenters. The molecule has 224 valence electrons. The maximum absolute atomic E-state index is 12.1. The molecule has 0 fully saturated rings. The molecule has 3 aromatic rings. The molecule has 0 aliphatic rings. The zero-order chi connectivity index (χ0) is 29.1. The lowest BCUT2D eigenvalue weighted by Gasteiger charge is -2.09. The molecule has 0 spiro atoms. The third-order valence-corrected chi connectivity index (χ3v) is 7.16. The van der Waals surface area contributed by atoms with Gasteiger partial charge in [0.05, 0.1) is 63.1 Å². The lowest BCUT2D eigenvalue weighted by atomic mass is 10.2. The summed E-state index contributed by atoms with van der Waals surface area (Å²) in [5.41, 5.74) is 4.31. The molecule has 0 aliphatic carbocycles. The van der Waals surface area contributed by atoms with Gasteiger partial charge in [0.25, 0.3) is 0 Å². The predicted octanol–water partition coefficient (Wildman–Crippen LogP) is 5.02. The summed E-state index contributed by atoms with van der Waals surface area (Å²) in [6.45, 7) is 8.82. The third-order valence-electron chi connectivity index (χ3n) is 6.10. The number of hydrogen-bond donors (Lipinski definition) is 2. The summed E-state index contributed by atoms with van der Waals surface area (Å²) in [5, 5.41) is 7.16. The number of rotatable bonds is 22. The Balaban J connectivity index is 1.12. The zero-order valence-electron chi connectivity index (χ0n) is 24.2. The van der Waals surface area contributed by atoms with Crippen LogP contribution in [-0.2, 0) is 28.5 Å². The summed E-state index contributed by atoms with van der Waals surface area (Å²) < 4.78 is 23.0. The SMILES string of the molecule is CCCC(=O)CCOCCOCCOCCOCCNC(=O)CCNc1ccc(-c2nc3ccc(C)cc3s2)cc1. The first-order chi connectivity index (χ1) is 20.0. The van der Waals surface area contributed by atoms with E-state index in [1.807, 2.05) is 19.1 Å². The largest absolute Gasteiger partial charge is 0.385 e. The summed E-state index contributed by atoms with van der Waals surface area (Å²) in [7, 11) is 0. The number of carbonyl (C=O) groups is 2. The van der Waals surface area contributed by atoms with Crippen LogP contribution in [0.1, 0.15) is 38.2 Å². The first-order valence-electron chi connectivity index (χ1n) is 14.4. The second kappa shape index (κ2) is 19.3. The van der Waals surface area contributed by atoms with Gasteiger partial charge in [-0.1, -0.05) is 13.0 Å². The Bertz CT molecular complexity index is 1180. The van der Waals surface area contributed by atoms with E-state index in [-0.39, 0.29) is 11.7 Å². The molecule has 0 bridgehead atoms. The second-order valence-electron chi connectivity index (χ2n) is 9.58. The molecule has 2 N–H and O–H groups in total. The number of ketones is 1. The summed E-state index contributed by atoms with van der Waals surface area (Å²) in [4.78, 5) is 28.2. The molecule has 0 saturated carbocycles. The first-order valence-corrected chi connectivity index (χ1v) is 15.2. The van der Waals surface area contributed by atoms with E-state index >= 15 is 0 Å². The summed E-state index contributed by atoms with van der Waals surface area (Å²) >= 11 is 1.70. The molecule has 2 aromatic carbocycles. The van der Waals surface area contributed by atoms with Crippen molar-refractivity contribution in [3.63, 3.8) is 0 Å². The quantitative estimate of drug-likeness (QED) is 0.158. The molecule has 0 atom stereocenters. The van der Waals surface area contributed by atoms with E-state index in [4.69, 9.17) is 23.9 Å². The van der Waals surface area contributed by atoms with Crippen molar-refractivity contribution in [3.8, 4) is 10.6 Å². The number of aromatic nitrogens is 1. The Morgan fingerprint density at radius 3 is 2.12 bits per heavy atom. The normalized spacial score (nSPS) is 11.2. The molecule has 0 saturated heterocycles. The summed E-state index contributed by atoms with van der Waals surface area (Å²) in [5.74, 6) is 0.224. The van der Waals surface area contributed by atoms with Crippen LogP contribution in [0.3, 0.4) is 0 Å². The van der Waals surface area contributed by atoms with Crippen molar-refractivity contribution in [3.05, 3.63) is 48.0 Å². The zero-order valence-corrected chi connectivity index (χ0v) is 25.1. The number of aryl methyl sites for hydroxylation is 1. The minimum absolute atomic E-state index is 0.0209. The highest BCUT2D eigenvalue weighted by Crippen LogP contribution is 2.31. The number of Topliss-reactive ketones (excluding diaryl/α,β-unsaturated/α-hetero) is 1. The fraction of sp³-hybridized carbons (Fsp3) is 0.516. The average molecular weight is 586 g/mol. The van der Waals surface area contributed by atoms with Crippen molar-refractivity contribution in [1.29, 1.82) is 0 Å². The van der Waals surface area contributed by atoms with Crippen molar-refractivity contribution < 1.29 is 28.5 Å². The molecule has 1 aromatic heterocycles. The molecule has 0 aliphatic heterocycles. The minimum Gasteiger partial charge on any atom is -0.385 e. The van der Waals surface area contributed by atoms with Crippen LogP contribution in [-0.4, -0.2) is 82.6 Å². The minimum atomic E-state index is -0.0209. The number of nitrogens with zero attached hydrogens (tertiary/aromatic N) is 1. The van der Waals surface area contributed by atoms with Gasteiger partial charge in [0, 0.05) is 43.6 Å². The van der Waals surface area contributed by atoms with Gasteiger partial charge in [-0.25, -0.2) is 4.98 Å². The standard InChI is InChI=1S/C31H43N3O6S/c1-3-4-27(35)12-15-37-17-19-39-21-22-40-20-18-38-16-14-33-30(36)11-13-32-26-8-6-25(7-9-26)31-34-28-10-5-24(2)23-29(28)41-31/h5-10,23,32H,3-4,11-22H2,1-2H3,(H,33,36). The fourth-order valence-electron chi connectivity index (χ4n) is 3.91. The Labute approximate surface area is 246 Å². The van der Waals surface area contributed by atoms with Gasteiger partial charge < -0.3 is 29.6 Å². The van der Waals surface area contributed by atoms with Gasteiger partial charge in [-0.05, 0) is 55.3 Å². The molecule has 41 heavy (non-hydrogen) atoms. The van der Waals surface area contributed by atoms with Crippen molar-refractivity contribution in [2.75, 3.05) is 71.3 Å². The number of thiazole rings is 1. The Morgan fingerprint density at radius 2 is 1.44 bits per heavy atom. The van der Waals surface area contributed by atoms with E-state index in [0.29, 0.717) is 85.2 Å². The molecule has 3 rings (SSSR count). The predicted molar refractivity (Wildman–Crippen MR) is 164 cm³/mol. The summed E-state index contributed by atoms with van der Waals surface area (Å²) in [6.07, 6.45) is 2.35. The van der Waals surface area contributed by atoms with Crippen molar-refractivity contribution >= 4 is 38.9 Å². The lowest BCUT2D eigenvalue weighted by molar-refractivity contribution is -0.121. The number of hydrogen-bond acceptors (Lipinski definition) is 9. The highest BCUT2D eigenvalue weighted by molar-refractivity contribution is 7.21. The van der Waals surface area contributed by atoms with Crippen molar-refractivity contribution in [1.82, 2.24) is 10.3 Å². The Kier molecular flexibility index (Phi) is 15.3. The maximum atomic E-state index is 12.1. The van der Waals surface area contributed by atoms with Crippen LogP contribution in [0.4, 0.5) is 5.69 Å². The summed E-state index contributed by atoms with van der Waals surface area (Å²) in [6, 6.07) is 14.4. The van der Waals surface area contributed by atoms with Crippen LogP contribution in [0.5, 0.6) is 0 Å². The fourth-order valence-corrected chi connectivity index (χ4v) is 4.98. The van der Waals surface area contributed by atoms with Crippen molar-refractivity contribution in [2.45, 2.75) is 39.5 Å². The van der Waals surface area contributed by atoms with Gasteiger partial charge >= 0.3 is 0 Å². The third kappa shape index (κ3) is 13.1. The second-order valence-corrected chi connectivity index (χ2v) is 10.6. The molecule has 10 heteroatoms. The monoisotopic (exact) mass is 585 g/mol. The number of carbonyl (C=O) groups excluding carboxylic acids is 2. The first kappa shape index (κ1) is 32.6. The van der Waals surface area contributed by atoms with E-state index in [1.54, 1.807) is 11.3 Å². The highest BCUT2D eigenvalue weighted by Gasteiger charge is 2.07. The van der Waals surface area contributed by atoms with E-state index in [2.05, 4.69) is 47.9 Å². The Morgan fingerprint density at radius 1 is 0.780 bits per heavy atom. The van der Waals surface area contributed by atoms with Crippen LogP contribution in [0.15, 0.2) is 42.5 Å². The molecule has 1 amide bonds. The molecular weight excluding hydrogens is 542 g/mol. The molecule has 1 heterocycles. The van der Waals surface area contributed by atoms with Gasteiger partial charge in [0.1, 0.15) is 10.8 Å². The average Bonchev–Trinajstić information content (AvgIpc) is 3.39. The van der Waals surface area contributed by atoms with Crippen molar-refractivity contribution in [2.24, 2.45) is 0 Å². The van der Waals surface area contributed by atoms with Gasteiger partial charge in [0.2, 0.25) is 5.91 Å². The van der Waals surface area contributed by atoms with Crippen LogP contribution in [0, 0.1) is 6.92 Å². The number of benzene rings is 2. The van der Waals surface area contributed by atoms with Gasteiger partial charge in [0.15, 0.2) is 0 Å². The lowest BCUT2D eigenvalue weighted by Crippen LogP contribution is -2.29. The number of anilines is 1. The molecule has 0 radical (unpaired) electrons. The van der Waals surface area contributed by atoms with E-state index < -0.39 is 0 Å². The van der Waals surface area contributed by atoms with E-state index in [1.165, 1.54) is 10.3 Å². The molecule has 9 nitrogen and oxygen atoms in total. The number of amides is 1. The molecular formula is C31H43N3O6S. The number of nitrogens with one attached hydrogen (secondary N) is 2. The highest BCUT2D eigenvalue weighted by atomic mass is 32.1. The Hall–Kier alpha value is -2.89. The van der Waals surface area contributed by atoms with Crippen LogP contribution >= 0.6 is 11.3 Å². The van der Waals surface area contributed by atoms with Crippen LogP contribution in [0.2, 0.25) is 0 Å². The number of ether oxygens (including phenoxy) is 4. The maximum Gasteiger partial charge on any atom is 0.221 e. The smallest absolute Gasteiger partial charge is 0.221 e.